The quantitative estimate of drug-likeness (QED) is 0.518. The number of rotatable bonds is 7. The number of aromatic nitrogens is 1. The van der Waals surface area contributed by atoms with Gasteiger partial charge in [-0.2, -0.15) is 0 Å². The van der Waals surface area contributed by atoms with Crippen LogP contribution in [0.1, 0.15) is 11.4 Å². The second-order valence-corrected chi connectivity index (χ2v) is 7.29. The van der Waals surface area contributed by atoms with Crippen molar-refractivity contribution in [1.29, 1.82) is 0 Å². The number of fused-ring (bicyclic) bond motifs is 1. The molecule has 2 aromatic carbocycles. The molecule has 5 heteroatoms. The first-order valence-corrected chi connectivity index (χ1v) is 9.40. The van der Waals surface area contributed by atoms with Crippen molar-refractivity contribution >= 4 is 39.2 Å². The van der Waals surface area contributed by atoms with E-state index in [2.05, 4.69) is 16.4 Å². The van der Waals surface area contributed by atoms with Gasteiger partial charge in [0.05, 0.1) is 21.0 Å². The van der Waals surface area contributed by atoms with Gasteiger partial charge in [0.25, 0.3) is 0 Å². The van der Waals surface area contributed by atoms with Crippen LogP contribution in [0.15, 0.2) is 59.5 Å². The smallest absolute Gasteiger partial charge is 0.230 e. The van der Waals surface area contributed by atoms with E-state index in [0.29, 0.717) is 12.3 Å². The van der Waals surface area contributed by atoms with Gasteiger partial charge in [0.15, 0.2) is 0 Å². The number of thiazole rings is 1. The molecule has 0 fully saturated rings. The monoisotopic (exact) mass is 342 g/mol. The molecule has 1 heterocycles. The third-order valence-corrected chi connectivity index (χ3v) is 5.45. The van der Waals surface area contributed by atoms with Crippen LogP contribution in [0.3, 0.4) is 0 Å². The van der Waals surface area contributed by atoms with Gasteiger partial charge in [-0.3, -0.25) is 4.79 Å². The highest BCUT2D eigenvalue weighted by atomic mass is 32.2. The van der Waals surface area contributed by atoms with E-state index in [9.17, 15) is 4.79 Å². The van der Waals surface area contributed by atoms with Crippen LogP contribution in [-0.2, 0) is 11.2 Å². The first kappa shape index (κ1) is 16.0. The number of carbonyl (C=O) groups is 1. The summed E-state index contributed by atoms with van der Waals surface area (Å²) in [7, 11) is 0. The van der Waals surface area contributed by atoms with Crippen LogP contribution in [0.2, 0.25) is 0 Å². The van der Waals surface area contributed by atoms with Crippen LogP contribution in [0.5, 0.6) is 0 Å². The molecule has 0 spiro atoms. The Hall–Kier alpha value is -1.85. The molecule has 23 heavy (non-hydrogen) atoms. The standard InChI is InChI=1S/C18H18N2OS2/c21-17(13-22-14-7-2-1-3-8-14)19-12-6-11-18-20-15-9-4-5-10-16(15)23-18/h1-5,7-10H,6,11-13H2,(H,19,21). The van der Waals surface area contributed by atoms with Gasteiger partial charge in [-0.25, -0.2) is 4.98 Å². The van der Waals surface area contributed by atoms with Gasteiger partial charge < -0.3 is 5.32 Å². The molecule has 0 radical (unpaired) electrons. The Kier molecular flexibility index (Phi) is 5.66. The van der Waals surface area contributed by atoms with E-state index in [4.69, 9.17) is 0 Å². The van der Waals surface area contributed by atoms with Gasteiger partial charge >= 0.3 is 0 Å². The number of thioether (sulfide) groups is 1. The van der Waals surface area contributed by atoms with Crippen molar-refractivity contribution in [3.05, 3.63) is 59.6 Å². The summed E-state index contributed by atoms with van der Waals surface area (Å²) in [5, 5.41) is 4.11. The molecular weight excluding hydrogens is 324 g/mol. The Balaban J connectivity index is 1.37. The Bertz CT molecular complexity index is 738. The lowest BCUT2D eigenvalue weighted by atomic mass is 10.3. The lowest BCUT2D eigenvalue weighted by Crippen LogP contribution is -2.26. The highest BCUT2D eigenvalue weighted by Crippen LogP contribution is 2.22. The summed E-state index contributed by atoms with van der Waals surface area (Å²) in [6.45, 7) is 0.699. The lowest BCUT2D eigenvalue weighted by Gasteiger charge is -2.04. The molecular formula is C18H18N2OS2. The molecule has 3 aromatic rings. The second kappa shape index (κ2) is 8.13. The number of amides is 1. The van der Waals surface area contributed by atoms with E-state index in [1.54, 1.807) is 23.1 Å². The Morgan fingerprint density at radius 2 is 1.87 bits per heavy atom. The fourth-order valence-electron chi connectivity index (χ4n) is 2.21. The van der Waals surface area contributed by atoms with Crippen molar-refractivity contribution in [3.63, 3.8) is 0 Å². The Labute approximate surface area is 144 Å². The van der Waals surface area contributed by atoms with Gasteiger partial charge in [-0.15, -0.1) is 23.1 Å². The number of benzene rings is 2. The summed E-state index contributed by atoms with van der Waals surface area (Å²) in [6, 6.07) is 18.2. The molecule has 118 valence electrons. The summed E-state index contributed by atoms with van der Waals surface area (Å²) in [6.07, 6.45) is 1.83. The van der Waals surface area contributed by atoms with E-state index >= 15 is 0 Å². The molecule has 3 rings (SSSR count). The van der Waals surface area contributed by atoms with Crippen LogP contribution in [-0.4, -0.2) is 23.2 Å². The molecule has 0 bridgehead atoms. The number of para-hydroxylation sites is 1. The minimum Gasteiger partial charge on any atom is -0.355 e. The maximum absolute atomic E-state index is 11.8. The van der Waals surface area contributed by atoms with Crippen molar-refractivity contribution in [2.45, 2.75) is 17.7 Å². The Morgan fingerprint density at radius 1 is 1.09 bits per heavy atom. The third-order valence-electron chi connectivity index (χ3n) is 3.34. The molecule has 0 atom stereocenters. The summed E-state index contributed by atoms with van der Waals surface area (Å²) in [4.78, 5) is 17.6. The molecule has 3 nitrogen and oxygen atoms in total. The molecule has 0 aliphatic rings. The van der Waals surface area contributed by atoms with Crippen molar-refractivity contribution < 1.29 is 4.79 Å². The highest BCUT2D eigenvalue weighted by Gasteiger charge is 2.04. The van der Waals surface area contributed by atoms with Gasteiger partial charge in [0.2, 0.25) is 5.91 Å². The lowest BCUT2D eigenvalue weighted by molar-refractivity contribution is -0.118. The predicted octanol–water partition coefficient (Wildman–Crippen LogP) is 4.14. The van der Waals surface area contributed by atoms with Crippen molar-refractivity contribution in [3.8, 4) is 0 Å². The number of nitrogens with zero attached hydrogens (tertiary/aromatic N) is 1. The zero-order valence-electron chi connectivity index (χ0n) is 12.7. The molecule has 0 aliphatic carbocycles. The number of nitrogens with one attached hydrogen (secondary N) is 1. The summed E-state index contributed by atoms with van der Waals surface area (Å²) in [5.74, 6) is 0.550. The van der Waals surface area contributed by atoms with Crippen LogP contribution in [0.4, 0.5) is 0 Å². The van der Waals surface area contributed by atoms with E-state index < -0.39 is 0 Å². The largest absolute Gasteiger partial charge is 0.355 e. The van der Waals surface area contributed by atoms with Gasteiger partial charge in [0.1, 0.15) is 0 Å². The number of carbonyl (C=O) groups excluding carboxylic acids is 1. The van der Waals surface area contributed by atoms with E-state index in [1.807, 2.05) is 48.5 Å². The third kappa shape index (κ3) is 4.81. The fraction of sp³-hybridized carbons (Fsp3) is 0.222. The van der Waals surface area contributed by atoms with Crippen LogP contribution in [0, 0.1) is 0 Å². The summed E-state index contributed by atoms with van der Waals surface area (Å²) in [5.41, 5.74) is 1.07. The predicted molar refractivity (Wildman–Crippen MR) is 98.1 cm³/mol. The van der Waals surface area contributed by atoms with E-state index in [-0.39, 0.29) is 5.91 Å². The first-order chi connectivity index (χ1) is 11.3. The number of hydrogen-bond acceptors (Lipinski definition) is 4. The minimum absolute atomic E-state index is 0.0863. The van der Waals surface area contributed by atoms with E-state index in [0.717, 1.165) is 28.3 Å². The Morgan fingerprint density at radius 3 is 2.70 bits per heavy atom. The van der Waals surface area contributed by atoms with Gasteiger partial charge in [0, 0.05) is 17.9 Å². The zero-order valence-corrected chi connectivity index (χ0v) is 14.3. The topological polar surface area (TPSA) is 42.0 Å². The van der Waals surface area contributed by atoms with Gasteiger partial charge in [-0.05, 0) is 30.7 Å². The van der Waals surface area contributed by atoms with Crippen molar-refractivity contribution in [2.24, 2.45) is 0 Å². The first-order valence-electron chi connectivity index (χ1n) is 7.60. The number of aryl methyl sites for hydroxylation is 1. The molecule has 1 amide bonds. The molecule has 0 saturated carbocycles. The maximum Gasteiger partial charge on any atom is 0.230 e. The second-order valence-electron chi connectivity index (χ2n) is 5.13. The summed E-state index contributed by atoms with van der Waals surface area (Å²) < 4.78 is 1.23. The van der Waals surface area contributed by atoms with Gasteiger partial charge in [-0.1, -0.05) is 30.3 Å². The molecule has 0 saturated heterocycles. The van der Waals surface area contributed by atoms with E-state index in [1.165, 1.54) is 4.70 Å². The highest BCUT2D eigenvalue weighted by molar-refractivity contribution is 8.00. The zero-order chi connectivity index (χ0) is 15.9. The van der Waals surface area contributed by atoms with Crippen molar-refractivity contribution in [1.82, 2.24) is 10.3 Å². The SMILES string of the molecule is O=C(CSc1ccccc1)NCCCc1nc2ccccc2s1. The molecule has 0 aliphatic heterocycles. The molecule has 1 aromatic heterocycles. The fourth-order valence-corrected chi connectivity index (χ4v) is 3.97. The average Bonchev–Trinajstić information content (AvgIpc) is 3.00. The van der Waals surface area contributed by atoms with Crippen LogP contribution in [0.25, 0.3) is 10.2 Å². The molecule has 0 unspecified atom stereocenters. The van der Waals surface area contributed by atoms with Crippen molar-refractivity contribution in [2.75, 3.05) is 12.3 Å². The average molecular weight is 342 g/mol. The normalized spacial score (nSPS) is 10.8. The van der Waals surface area contributed by atoms with Crippen LogP contribution >= 0.6 is 23.1 Å². The number of hydrogen-bond donors (Lipinski definition) is 1. The maximum atomic E-state index is 11.8. The summed E-state index contributed by atoms with van der Waals surface area (Å²) >= 11 is 3.30. The minimum atomic E-state index is 0.0863. The van der Waals surface area contributed by atoms with Crippen LogP contribution < -0.4 is 5.32 Å². The molecule has 1 N–H and O–H groups in total.